The quantitative estimate of drug-likeness (QED) is 0.251. The lowest BCUT2D eigenvalue weighted by Gasteiger charge is -2.06. The summed E-state index contributed by atoms with van der Waals surface area (Å²) in [5.41, 5.74) is -0.295. The van der Waals surface area contributed by atoms with Gasteiger partial charge in [-0.3, -0.25) is 40.5 Å². The molecule has 0 aliphatic rings. The monoisotopic (exact) mass is 508 g/mol. The van der Waals surface area contributed by atoms with Crippen molar-refractivity contribution < 1.29 is 24.3 Å². The normalized spacial score (nSPS) is 10.4. The second-order valence-electron chi connectivity index (χ2n) is 6.96. The van der Waals surface area contributed by atoms with Crippen molar-refractivity contribution in [1.82, 2.24) is 10.2 Å². The van der Waals surface area contributed by atoms with Gasteiger partial charge in [0.15, 0.2) is 0 Å². The Bertz CT molecular complexity index is 1490. The molecular weight excluding hydrogens is 496 g/mol. The molecule has 1 N–H and O–H groups in total. The van der Waals surface area contributed by atoms with Crippen LogP contribution in [0, 0.1) is 30.3 Å². The Morgan fingerprint density at radius 1 is 0.806 bits per heavy atom. The molecule has 0 spiro atoms. The molecule has 0 bridgehead atoms. The molecule has 1 heterocycles. The van der Waals surface area contributed by atoms with Crippen LogP contribution in [0.3, 0.4) is 0 Å². The summed E-state index contributed by atoms with van der Waals surface area (Å²) >= 11 is 1.08. The number of hydrogen-bond acceptors (Lipinski definition) is 11. The summed E-state index contributed by atoms with van der Waals surface area (Å²) in [6.07, 6.45) is 0. The Kier molecular flexibility index (Phi) is 6.55. The molecule has 1 amide bonds. The van der Waals surface area contributed by atoms with E-state index in [1.54, 1.807) is 12.1 Å². The van der Waals surface area contributed by atoms with Crippen LogP contribution in [0.4, 0.5) is 22.2 Å². The maximum atomic E-state index is 12.3. The van der Waals surface area contributed by atoms with Crippen LogP contribution in [0.5, 0.6) is 11.5 Å². The van der Waals surface area contributed by atoms with Crippen LogP contribution in [0.15, 0.2) is 66.7 Å². The number of hydrogen-bond donors (Lipinski definition) is 1. The summed E-state index contributed by atoms with van der Waals surface area (Å²) in [6.45, 7) is 0. The van der Waals surface area contributed by atoms with Crippen LogP contribution in [0.25, 0.3) is 10.6 Å². The van der Waals surface area contributed by atoms with Gasteiger partial charge >= 0.3 is 5.69 Å². The number of benzene rings is 3. The van der Waals surface area contributed by atoms with E-state index in [0.29, 0.717) is 10.6 Å². The molecule has 3 aromatic carbocycles. The lowest BCUT2D eigenvalue weighted by Crippen LogP contribution is -2.11. The first kappa shape index (κ1) is 23.8. The number of nitro groups is 3. The summed E-state index contributed by atoms with van der Waals surface area (Å²) in [6, 6.07) is 14.4. The third-order valence-corrected chi connectivity index (χ3v) is 5.55. The minimum atomic E-state index is -0.773. The van der Waals surface area contributed by atoms with Gasteiger partial charge in [-0.05, 0) is 42.5 Å². The molecule has 4 aromatic rings. The molecule has 36 heavy (non-hydrogen) atoms. The third kappa shape index (κ3) is 5.26. The highest BCUT2D eigenvalue weighted by Gasteiger charge is 2.21. The minimum Gasteiger partial charge on any atom is -0.450 e. The second-order valence-corrected chi connectivity index (χ2v) is 7.94. The van der Waals surface area contributed by atoms with Crippen molar-refractivity contribution in [2.75, 3.05) is 5.32 Å². The molecule has 0 saturated carbocycles. The Balaban J connectivity index is 1.45. The van der Waals surface area contributed by atoms with Crippen molar-refractivity contribution in [3.05, 3.63) is 103 Å². The fraction of sp³-hybridized carbons (Fsp3) is 0. The van der Waals surface area contributed by atoms with Crippen molar-refractivity contribution in [2.24, 2.45) is 0 Å². The molecule has 14 nitrogen and oxygen atoms in total. The lowest BCUT2D eigenvalue weighted by atomic mass is 10.2. The van der Waals surface area contributed by atoms with E-state index in [9.17, 15) is 35.1 Å². The number of rotatable bonds is 8. The van der Waals surface area contributed by atoms with Gasteiger partial charge in [0.1, 0.15) is 10.8 Å². The Labute approximate surface area is 204 Å². The number of nitro benzene ring substituents is 3. The van der Waals surface area contributed by atoms with Gasteiger partial charge in [0.2, 0.25) is 10.9 Å². The van der Waals surface area contributed by atoms with E-state index in [2.05, 4.69) is 15.5 Å². The molecule has 0 aliphatic carbocycles. The van der Waals surface area contributed by atoms with Gasteiger partial charge in [-0.15, -0.1) is 10.2 Å². The number of carbonyl (C=O) groups excluding carboxylic acids is 1. The molecule has 0 atom stereocenters. The van der Waals surface area contributed by atoms with Crippen molar-refractivity contribution in [3.8, 4) is 22.1 Å². The third-order valence-electron chi connectivity index (χ3n) is 4.66. The van der Waals surface area contributed by atoms with Gasteiger partial charge < -0.3 is 4.74 Å². The number of amides is 1. The number of nitrogens with one attached hydrogen (secondary N) is 1. The number of carbonyl (C=O) groups is 1. The Morgan fingerprint density at radius 3 is 2.06 bits per heavy atom. The average Bonchev–Trinajstić information content (AvgIpc) is 3.33. The van der Waals surface area contributed by atoms with E-state index in [4.69, 9.17) is 4.74 Å². The topological polar surface area (TPSA) is 194 Å². The maximum Gasteiger partial charge on any atom is 0.318 e. The van der Waals surface area contributed by atoms with Gasteiger partial charge in [-0.1, -0.05) is 11.3 Å². The van der Waals surface area contributed by atoms with Crippen LogP contribution < -0.4 is 10.1 Å². The molecule has 0 saturated heterocycles. The molecule has 0 aliphatic heterocycles. The summed E-state index contributed by atoms with van der Waals surface area (Å²) in [7, 11) is 0. The molecule has 4 rings (SSSR count). The van der Waals surface area contributed by atoms with E-state index in [1.807, 2.05) is 0 Å². The van der Waals surface area contributed by atoms with Crippen molar-refractivity contribution in [1.29, 1.82) is 0 Å². The zero-order chi connectivity index (χ0) is 25.8. The van der Waals surface area contributed by atoms with E-state index in [-0.39, 0.29) is 27.9 Å². The predicted octanol–water partition coefficient (Wildman–Crippen LogP) is 4.97. The Morgan fingerprint density at radius 2 is 1.44 bits per heavy atom. The molecule has 15 heteroatoms. The molecule has 180 valence electrons. The summed E-state index contributed by atoms with van der Waals surface area (Å²) in [5, 5.41) is 44.0. The smallest absolute Gasteiger partial charge is 0.318 e. The van der Waals surface area contributed by atoms with Gasteiger partial charge in [0.25, 0.3) is 17.3 Å². The first-order chi connectivity index (χ1) is 17.2. The van der Waals surface area contributed by atoms with Crippen molar-refractivity contribution in [2.45, 2.75) is 0 Å². The van der Waals surface area contributed by atoms with Crippen LogP contribution in [0.1, 0.15) is 10.4 Å². The number of ether oxygens (including phenoxy) is 1. The first-order valence-corrected chi connectivity index (χ1v) is 10.6. The molecule has 0 unspecified atom stereocenters. The van der Waals surface area contributed by atoms with Crippen molar-refractivity contribution in [3.63, 3.8) is 0 Å². The van der Waals surface area contributed by atoms with E-state index < -0.39 is 32.1 Å². The van der Waals surface area contributed by atoms with Gasteiger partial charge in [0, 0.05) is 29.3 Å². The number of non-ortho nitro benzene ring substituents is 2. The summed E-state index contributed by atoms with van der Waals surface area (Å²) < 4.78 is 5.53. The molecule has 0 fully saturated rings. The van der Waals surface area contributed by atoms with E-state index >= 15 is 0 Å². The standard InChI is InChI=1S/C21H12N6O8S/c28-19(12-1-5-14(6-2-12)25(29)30)22-21-24-23-20(36-21)13-3-8-16(9-4-13)35-18-10-7-15(26(31)32)11-17(18)27(33)34/h1-11H,(H,22,24,28). The zero-order valence-electron chi connectivity index (χ0n) is 17.8. The van der Waals surface area contributed by atoms with Gasteiger partial charge in [-0.25, -0.2) is 0 Å². The van der Waals surface area contributed by atoms with Gasteiger partial charge in [-0.2, -0.15) is 0 Å². The fourth-order valence-electron chi connectivity index (χ4n) is 2.94. The number of nitrogens with zero attached hydrogens (tertiary/aromatic N) is 5. The average molecular weight is 508 g/mol. The molecule has 0 radical (unpaired) electrons. The summed E-state index contributed by atoms with van der Waals surface area (Å²) in [4.78, 5) is 43.1. The fourth-order valence-corrected chi connectivity index (χ4v) is 3.68. The summed E-state index contributed by atoms with van der Waals surface area (Å²) in [5.74, 6) is -0.432. The highest BCUT2D eigenvalue weighted by atomic mass is 32.1. The largest absolute Gasteiger partial charge is 0.450 e. The van der Waals surface area contributed by atoms with Crippen LogP contribution in [-0.4, -0.2) is 30.9 Å². The molecular formula is C21H12N6O8S. The van der Waals surface area contributed by atoms with Gasteiger partial charge in [0.05, 0.1) is 20.8 Å². The van der Waals surface area contributed by atoms with E-state index in [0.717, 1.165) is 29.5 Å². The van der Waals surface area contributed by atoms with Crippen LogP contribution in [0.2, 0.25) is 0 Å². The highest BCUT2D eigenvalue weighted by Crippen LogP contribution is 2.35. The lowest BCUT2D eigenvalue weighted by molar-refractivity contribution is -0.394. The van der Waals surface area contributed by atoms with Crippen LogP contribution in [-0.2, 0) is 0 Å². The van der Waals surface area contributed by atoms with Crippen molar-refractivity contribution >= 4 is 39.4 Å². The first-order valence-electron chi connectivity index (χ1n) is 9.81. The minimum absolute atomic E-state index is 0.139. The second kappa shape index (κ2) is 9.90. The number of anilines is 1. The SMILES string of the molecule is O=C(Nc1nnc(-c2ccc(Oc3ccc([N+](=O)[O-])cc3[N+](=O)[O-])cc2)s1)c1ccc([N+](=O)[O-])cc1. The zero-order valence-corrected chi connectivity index (χ0v) is 18.6. The maximum absolute atomic E-state index is 12.3. The number of aromatic nitrogens is 2. The highest BCUT2D eigenvalue weighted by molar-refractivity contribution is 7.18. The predicted molar refractivity (Wildman–Crippen MR) is 126 cm³/mol. The Hall–Kier alpha value is -5.31. The van der Waals surface area contributed by atoms with Crippen LogP contribution >= 0.6 is 11.3 Å². The molecule has 1 aromatic heterocycles. The van der Waals surface area contributed by atoms with E-state index in [1.165, 1.54) is 36.4 Å².